The summed E-state index contributed by atoms with van der Waals surface area (Å²) in [5.74, 6) is -1.07. The maximum Gasteiger partial charge on any atom is 0.343 e. The number of carbonyl (C=O) groups excluding carboxylic acids is 1. The molecule has 3 aromatic heterocycles. The number of benzene rings is 3. The van der Waals surface area contributed by atoms with Gasteiger partial charge in [-0.05, 0) is 19.1 Å². The lowest BCUT2D eigenvalue weighted by atomic mass is 9.89. The summed E-state index contributed by atoms with van der Waals surface area (Å²) in [5.41, 5.74) is -0.498. The van der Waals surface area contributed by atoms with Crippen molar-refractivity contribution in [3.8, 4) is 11.8 Å². The Morgan fingerprint density at radius 3 is 2.22 bits per heavy atom. The molecule has 1 saturated heterocycles. The average molecular weight is 483 g/mol. The normalized spacial score (nSPS) is 25.1. The molecule has 0 saturated carbocycles. The molecular weight excluding hydrogens is 462 g/mol. The van der Waals surface area contributed by atoms with Crippen molar-refractivity contribution < 1.29 is 29.6 Å². The van der Waals surface area contributed by atoms with E-state index in [0.29, 0.717) is 27.2 Å². The largest absolute Gasteiger partial charge is 0.494 e. The summed E-state index contributed by atoms with van der Waals surface area (Å²) in [7, 11) is 1.25. The van der Waals surface area contributed by atoms with E-state index in [1.54, 1.807) is 6.92 Å². The molecule has 3 atom stereocenters. The van der Waals surface area contributed by atoms with E-state index >= 15 is 0 Å². The Labute approximate surface area is 202 Å². The fourth-order valence-electron chi connectivity index (χ4n) is 6.84. The lowest BCUT2D eigenvalue weighted by Crippen LogP contribution is -2.56. The average Bonchev–Trinajstić information content (AvgIpc) is 3.54. The van der Waals surface area contributed by atoms with Crippen LogP contribution in [0.1, 0.15) is 19.6 Å². The number of nitrogens with one attached hydrogen (secondary N) is 1. The molecule has 1 unspecified atom stereocenters. The number of rotatable bonds is 1. The number of para-hydroxylation sites is 2. The summed E-state index contributed by atoms with van der Waals surface area (Å²) in [6.45, 7) is 1.70. The summed E-state index contributed by atoms with van der Waals surface area (Å²) in [4.78, 5) is 15.9. The SMILES string of the molecule is COC(=O)[C@@]1(O)CC2O[C@]1(C)n1c3ccccc3c3c4c(O)[nH]c(O)c4c4c5ccccc5n2c4c31. The quantitative estimate of drug-likeness (QED) is 0.259. The highest BCUT2D eigenvalue weighted by Gasteiger charge is 2.65. The minimum absolute atomic E-state index is 0.0280. The van der Waals surface area contributed by atoms with Gasteiger partial charge in [0, 0.05) is 28.0 Å². The molecule has 9 nitrogen and oxygen atoms in total. The molecule has 5 heterocycles. The summed E-state index contributed by atoms with van der Waals surface area (Å²) >= 11 is 0. The van der Waals surface area contributed by atoms with Crippen molar-refractivity contribution in [2.45, 2.75) is 30.9 Å². The Hall–Kier alpha value is -4.21. The number of aliphatic hydroxyl groups is 1. The number of esters is 1. The molecular formula is C27H21N3O6. The van der Waals surface area contributed by atoms with Gasteiger partial charge in [-0.3, -0.25) is 4.98 Å². The smallest absolute Gasteiger partial charge is 0.343 e. The first-order chi connectivity index (χ1) is 17.3. The zero-order chi connectivity index (χ0) is 24.7. The van der Waals surface area contributed by atoms with E-state index in [0.717, 1.165) is 27.2 Å². The van der Waals surface area contributed by atoms with Crippen LogP contribution in [-0.2, 0) is 20.0 Å². The van der Waals surface area contributed by atoms with E-state index in [2.05, 4.69) is 4.98 Å². The first kappa shape index (κ1) is 20.0. The van der Waals surface area contributed by atoms with Crippen molar-refractivity contribution >= 4 is 60.4 Å². The van der Waals surface area contributed by atoms with Crippen LogP contribution >= 0.6 is 0 Å². The third-order valence-electron chi connectivity index (χ3n) is 8.31. The van der Waals surface area contributed by atoms with E-state index in [1.807, 2.05) is 57.7 Å². The summed E-state index contributed by atoms with van der Waals surface area (Å²) in [5, 5.41) is 38.1. The van der Waals surface area contributed by atoms with Gasteiger partial charge in [-0.15, -0.1) is 0 Å². The van der Waals surface area contributed by atoms with Crippen LogP contribution in [0.25, 0.3) is 54.4 Å². The van der Waals surface area contributed by atoms with Crippen molar-refractivity contribution in [3.05, 3.63) is 48.5 Å². The van der Waals surface area contributed by atoms with Crippen molar-refractivity contribution in [1.29, 1.82) is 0 Å². The molecule has 0 aliphatic carbocycles. The van der Waals surface area contributed by atoms with Crippen molar-refractivity contribution in [2.24, 2.45) is 0 Å². The molecule has 2 aliphatic rings. The van der Waals surface area contributed by atoms with E-state index < -0.39 is 23.5 Å². The van der Waals surface area contributed by atoms with Gasteiger partial charge in [0.1, 0.15) is 6.23 Å². The number of H-pyrrole nitrogens is 1. The van der Waals surface area contributed by atoms with Gasteiger partial charge in [0.15, 0.2) is 17.5 Å². The molecule has 0 spiro atoms. The van der Waals surface area contributed by atoms with Crippen molar-refractivity contribution in [3.63, 3.8) is 0 Å². The van der Waals surface area contributed by atoms with Crippen LogP contribution in [0.2, 0.25) is 0 Å². The molecule has 2 aliphatic heterocycles. The molecule has 9 heteroatoms. The number of aromatic hydroxyl groups is 2. The Morgan fingerprint density at radius 1 is 0.972 bits per heavy atom. The summed E-state index contributed by atoms with van der Waals surface area (Å²) < 4.78 is 15.6. The van der Waals surface area contributed by atoms with Crippen LogP contribution in [0.3, 0.4) is 0 Å². The maximum atomic E-state index is 13.1. The molecule has 1 fully saturated rings. The van der Waals surface area contributed by atoms with Crippen LogP contribution in [0.15, 0.2) is 48.5 Å². The molecule has 6 aromatic rings. The second kappa shape index (κ2) is 5.95. The number of ether oxygens (including phenoxy) is 2. The van der Waals surface area contributed by atoms with Crippen molar-refractivity contribution in [1.82, 2.24) is 14.1 Å². The van der Waals surface area contributed by atoms with Crippen LogP contribution in [0, 0.1) is 0 Å². The summed E-state index contributed by atoms with van der Waals surface area (Å²) in [6, 6.07) is 15.3. The number of hydrogen-bond donors (Lipinski definition) is 4. The first-order valence-electron chi connectivity index (χ1n) is 11.7. The van der Waals surface area contributed by atoms with Gasteiger partial charge in [-0.1, -0.05) is 36.4 Å². The number of methoxy groups -OCH3 is 1. The first-order valence-corrected chi connectivity index (χ1v) is 11.7. The number of aromatic nitrogens is 3. The highest BCUT2D eigenvalue weighted by molar-refractivity contribution is 6.38. The Balaban J connectivity index is 1.78. The third kappa shape index (κ3) is 1.87. The number of hydrogen-bond acceptors (Lipinski definition) is 6. The van der Waals surface area contributed by atoms with E-state index in [9.17, 15) is 20.1 Å². The maximum absolute atomic E-state index is 13.1. The third-order valence-corrected chi connectivity index (χ3v) is 8.31. The number of fused-ring (bicyclic) bond motifs is 13. The Kier molecular flexibility index (Phi) is 3.31. The predicted octanol–water partition coefficient (Wildman–Crippen LogP) is 4.30. The fourth-order valence-corrected chi connectivity index (χ4v) is 6.84. The lowest BCUT2D eigenvalue weighted by molar-refractivity contribution is -0.202. The molecule has 8 rings (SSSR count). The van der Waals surface area contributed by atoms with Crippen molar-refractivity contribution in [2.75, 3.05) is 7.11 Å². The highest BCUT2D eigenvalue weighted by atomic mass is 16.6. The van der Waals surface area contributed by atoms with Crippen LogP contribution in [0.5, 0.6) is 11.8 Å². The topological polar surface area (TPSA) is 122 Å². The predicted molar refractivity (Wildman–Crippen MR) is 133 cm³/mol. The Bertz CT molecular complexity index is 1980. The molecule has 36 heavy (non-hydrogen) atoms. The Morgan fingerprint density at radius 2 is 1.56 bits per heavy atom. The molecule has 0 radical (unpaired) electrons. The van der Waals surface area contributed by atoms with Gasteiger partial charge in [-0.25, -0.2) is 4.79 Å². The van der Waals surface area contributed by atoms with Gasteiger partial charge in [-0.2, -0.15) is 0 Å². The second-order valence-electron chi connectivity index (χ2n) is 9.87. The monoisotopic (exact) mass is 483 g/mol. The van der Waals surface area contributed by atoms with Gasteiger partial charge in [0.25, 0.3) is 0 Å². The van der Waals surface area contributed by atoms with Gasteiger partial charge < -0.3 is 33.9 Å². The fraction of sp³-hybridized carbons (Fsp3) is 0.222. The number of carbonyl (C=O) groups is 1. The van der Waals surface area contributed by atoms with Gasteiger partial charge in [0.05, 0.1) is 39.9 Å². The molecule has 0 amide bonds. The minimum Gasteiger partial charge on any atom is -0.494 e. The highest BCUT2D eigenvalue weighted by Crippen LogP contribution is 2.59. The zero-order valence-electron chi connectivity index (χ0n) is 19.4. The second-order valence-corrected chi connectivity index (χ2v) is 9.87. The molecule has 2 bridgehead atoms. The van der Waals surface area contributed by atoms with Crippen LogP contribution < -0.4 is 0 Å². The van der Waals surface area contributed by atoms with E-state index in [4.69, 9.17) is 9.47 Å². The number of nitrogens with zero attached hydrogens (tertiary/aromatic N) is 2. The standard InChI is InChI=1S/C27H21N3O6/c1-26-27(34,25(33)35-2)11-16(36-26)29-14-9-5-3-7-12(14)17-19-20(24(32)28-23(19)31)18-13-8-4-6-10-15(13)30(26)22(18)21(17)29/h3-10,16,28,31-32,34H,11H2,1-2H3/t16?,26-,27-/m0/s1. The number of aromatic amines is 1. The van der Waals surface area contributed by atoms with Gasteiger partial charge >= 0.3 is 5.97 Å². The van der Waals surface area contributed by atoms with Crippen LogP contribution in [0.4, 0.5) is 0 Å². The van der Waals surface area contributed by atoms with E-state index in [-0.39, 0.29) is 18.2 Å². The van der Waals surface area contributed by atoms with Crippen LogP contribution in [-0.4, -0.2) is 48.1 Å². The molecule has 4 N–H and O–H groups in total. The van der Waals surface area contributed by atoms with E-state index in [1.165, 1.54) is 7.11 Å². The minimum atomic E-state index is -1.99. The molecule has 180 valence electrons. The lowest BCUT2D eigenvalue weighted by Gasteiger charge is -2.37. The zero-order valence-corrected chi connectivity index (χ0v) is 19.4. The van der Waals surface area contributed by atoms with Gasteiger partial charge in [0.2, 0.25) is 5.60 Å². The molecule has 3 aromatic carbocycles. The summed E-state index contributed by atoms with van der Waals surface area (Å²) in [6.07, 6.45) is -0.727.